The topological polar surface area (TPSA) is 15.3 Å². The molecule has 0 amide bonds. The third kappa shape index (κ3) is 2.67. The summed E-state index contributed by atoms with van der Waals surface area (Å²) in [6.45, 7) is 3.25. The zero-order chi connectivity index (χ0) is 13.3. The Morgan fingerprint density at radius 3 is 2.63 bits per heavy atom. The highest BCUT2D eigenvalue weighted by Crippen LogP contribution is 2.38. The maximum Gasteiger partial charge on any atom is 0.123 e. The van der Waals surface area contributed by atoms with Gasteiger partial charge < -0.3 is 10.2 Å². The molecule has 0 aromatic heterocycles. The van der Waals surface area contributed by atoms with Gasteiger partial charge >= 0.3 is 0 Å². The van der Waals surface area contributed by atoms with Crippen LogP contribution in [-0.4, -0.2) is 37.6 Å². The fourth-order valence-electron chi connectivity index (χ4n) is 3.48. The van der Waals surface area contributed by atoms with Gasteiger partial charge in [0.05, 0.1) is 0 Å². The van der Waals surface area contributed by atoms with Crippen LogP contribution in [0.3, 0.4) is 0 Å². The van der Waals surface area contributed by atoms with Crippen LogP contribution in [0.2, 0.25) is 0 Å². The lowest BCUT2D eigenvalue weighted by molar-refractivity contribution is 0.150. The van der Waals surface area contributed by atoms with Crippen molar-refractivity contribution in [3.05, 3.63) is 35.6 Å². The van der Waals surface area contributed by atoms with E-state index in [0.717, 1.165) is 44.1 Å². The number of nitrogens with one attached hydrogen (secondary N) is 1. The van der Waals surface area contributed by atoms with Crippen LogP contribution >= 0.6 is 0 Å². The zero-order valence-corrected chi connectivity index (χ0v) is 11.7. The van der Waals surface area contributed by atoms with Crippen LogP contribution in [0.4, 0.5) is 4.39 Å². The lowest BCUT2D eigenvalue weighted by Gasteiger charge is -2.42. The number of piperidine rings is 1. The highest BCUT2D eigenvalue weighted by atomic mass is 19.1. The Balaban J connectivity index is 1.79. The van der Waals surface area contributed by atoms with E-state index in [1.807, 2.05) is 13.1 Å². The van der Waals surface area contributed by atoms with Gasteiger partial charge in [-0.15, -0.1) is 0 Å². The second-order valence-electron chi connectivity index (χ2n) is 6.09. The SMILES string of the molecule is CNCC1(c2cccc(F)c2)CCN(C2CC2)CC1. The second kappa shape index (κ2) is 5.22. The minimum absolute atomic E-state index is 0.113. The molecule has 0 bridgehead atoms. The Labute approximate surface area is 115 Å². The van der Waals surface area contributed by atoms with Crippen LogP contribution in [0.5, 0.6) is 0 Å². The highest BCUT2D eigenvalue weighted by Gasteiger charge is 2.39. The zero-order valence-electron chi connectivity index (χ0n) is 11.7. The van der Waals surface area contributed by atoms with Crippen LogP contribution in [-0.2, 0) is 5.41 Å². The molecule has 2 aliphatic rings. The van der Waals surface area contributed by atoms with Gasteiger partial charge in [-0.3, -0.25) is 0 Å². The summed E-state index contributed by atoms with van der Waals surface area (Å²) in [5.41, 5.74) is 1.28. The molecule has 19 heavy (non-hydrogen) atoms. The number of benzene rings is 1. The summed E-state index contributed by atoms with van der Waals surface area (Å²) < 4.78 is 13.5. The number of likely N-dealkylation sites (N-methyl/N-ethyl adjacent to an activating group) is 1. The van der Waals surface area contributed by atoms with E-state index in [1.54, 1.807) is 6.07 Å². The minimum atomic E-state index is -0.113. The van der Waals surface area contributed by atoms with Gasteiger partial charge in [0.1, 0.15) is 5.82 Å². The smallest absolute Gasteiger partial charge is 0.123 e. The van der Waals surface area contributed by atoms with Gasteiger partial charge in [-0.1, -0.05) is 12.1 Å². The fourth-order valence-corrected chi connectivity index (χ4v) is 3.48. The Bertz CT molecular complexity index is 434. The molecular weight excluding hydrogens is 239 g/mol. The van der Waals surface area contributed by atoms with Gasteiger partial charge in [0.2, 0.25) is 0 Å². The highest BCUT2D eigenvalue weighted by molar-refractivity contribution is 5.28. The maximum absolute atomic E-state index is 13.5. The van der Waals surface area contributed by atoms with Crippen molar-refractivity contribution in [2.24, 2.45) is 0 Å². The van der Waals surface area contributed by atoms with E-state index in [2.05, 4.69) is 16.3 Å². The summed E-state index contributed by atoms with van der Waals surface area (Å²) in [5.74, 6) is -0.113. The van der Waals surface area contributed by atoms with Gasteiger partial charge in [0.15, 0.2) is 0 Å². The molecule has 3 rings (SSSR count). The molecule has 1 aliphatic carbocycles. The van der Waals surface area contributed by atoms with Crippen LogP contribution in [0, 0.1) is 5.82 Å². The van der Waals surface area contributed by atoms with Gasteiger partial charge in [0, 0.05) is 18.0 Å². The third-order valence-corrected chi connectivity index (χ3v) is 4.77. The predicted molar refractivity (Wildman–Crippen MR) is 75.8 cm³/mol. The van der Waals surface area contributed by atoms with Crippen LogP contribution in [0.15, 0.2) is 24.3 Å². The molecule has 3 heteroatoms. The van der Waals surface area contributed by atoms with Crippen molar-refractivity contribution in [2.45, 2.75) is 37.1 Å². The summed E-state index contributed by atoms with van der Waals surface area (Å²) in [5, 5.41) is 3.31. The van der Waals surface area contributed by atoms with Crippen molar-refractivity contribution in [1.29, 1.82) is 0 Å². The van der Waals surface area contributed by atoms with Crippen molar-refractivity contribution >= 4 is 0 Å². The number of hydrogen-bond donors (Lipinski definition) is 1. The monoisotopic (exact) mass is 262 g/mol. The van der Waals surface area contributed by atoms with E-state index >= 15 is 0 Å². The fraction of sp³-hybridized carbons (Fsp3) is 0.625. The number of rotatable bonds is 4. The first-order valence-corrected chi connectivity index (χ1v) is 7.38. The molecule has 1 saturated heterocycles. The Morgan fingerprint density at radius 2 is 2.05 bits per heavy atom. The molecule has 1 aromatic carbocycles. The van der Waals surface area contributed by atoms with Crippen molar-refractivity contribution in [2.75, 3.05) is 26.7 Å². The van der Waals surface area contributed by atoms with E-state index in [-0.39, 0.29) is 11.2 Å². The van der Waals surface area contributed by atoms with Crippen molar-refractivity contribution in [3.63, 3.8) is 0 Å². The molecule has 1 aliphatic heterocycles. The second-order valence-corrected chi connectivity index (χ2v) is 6.09. The lowest BCUT2D eigenvalue weighted by atomic mass is 9.72. The quantitative estimate of drug-likeness (QED) is 0.897. The minimum Gasteiger partial charge on any atom is -0.319 e. The lowest BCUT2D eigenvalue weighted by Crippen LogP contribution is -2.48. The van der Waals surface area contributed by atoms with Crippen molar-refractivity contribution in [1.82, 2.24) is 10.2 Å². The molecule has 1 heterocycles. The molecule has 2 nitrogen and oxygen atoms in total. The maximum atomic E-state index is 13.5. The number of halogens is 1. The standard InChI is InChI=1S/C16H23FN2/c1-18-12-16(13-3-2-4-14(17)11-13)7-9-19(10-8-16)15-5-6-15/h2-4,11,15,18H,5-10,12H2,1H3. The Hall–Kier alpha value is -0.930. The Kier molecular flexibility index (Phi) is 3.59. The van der Waals surface area contributed by atoms with Crippen molar-refractivity contribution < 1.29 is 4.39 Å². The summed E-state index contributed by atoms with van der Waals surface area (Å²) >= 11 is 0. The molecule has 0 radical (unpaired) electrons. The third-order valence-electron chi connectivity index (χ3n) is 4.77. The first-order chi connectivity index (χ1) is 9.23. The van der Waals surface area contributed by atoms with Crippen LogP contribution < -0.4 is 5.32 Å². The molecule has 1 saturated carbocycles. The molecule has 2 fully saturated rings. The first kappa shape index (κ1) is 13.1. The van der Waals surface area contributed by atoms with E-state index < -0.39 is 0 Å². The largest absolute Gasteiger partial charge is 0.319 e. The van der Waals surface area contributed by atoms with Crippen LogP contribution in [0.25, 0.3) is 0 Å². The molecule has 104 valence electrons. The predicted octanol–water partition coefficient (Wildman–Crippen LogP) is 2.54. The Morgan fingerprint density at radius 1 is 1.32 bits per heavy atom. The van der Waals surface area contributed by atoms with Gasteiger partial charge in [-0.05, 0) is 63.5 Å². The van der Waals surface area contributed by atoms with E-state index in [4.69, 9.17) is 0 Å². The van der Waals surface area contributed by atoms with Crippen molar-refractivity contribution in [3.8, 4) is 0 Å². The van der Waals surface area contributed by atoms with Gasteiger partial charge in [0.25, 0.3) is 0 Å². The van der Waals surface area contributed by atoms with Crippen LogP contribution in [0.1, 0.15) is 31.2 Å². The van der Waals surface area contributed by atoms with E-state index in [0.29, 0.717) is 0 Å². The summed E-state index contributed by atoms with van der Waals surface area (Å²) in [7, 11) is 1.99. The summed E-state index contributed by atoms with van der Waals surface area (Å²) in [6, 6.07) is 8.04. The first-order valence-electron chi connectivity index (χ1n) is 7.38. The number of hydrogen-bond acceptors (Lipinski definition) is 2. The van der Waals surface area contributed by atoms with Gasteiger partial charge in [-0.25, -0.2) is 4.39 Å². The average Bonchev–Trinajstić information content (AvgIpc) is 3.24. The van der Waals surface area contributed by atoms with E-state index in [1.165, 1.54) is 18.9 Å². The molecule has 0 spiro atoms. The molecule has 0 unspecified atom stereocenters. The molecule has 0 atom stereocenters. The number of nitrogens with zero attached hydrogens (tertiary/aromatic N) is 1. The molecular formula is C16H23FN2. The average molecular weight is 262 g/mol. The normalized spacial score (nSPS) is 23.5. The molecule has 1 aromatic rings. The number of likely N-dealkylation sites (tertiary alicyclic amines) is 1. The van der Waals surface area contributed by atoms with E-state index in [9.17, 15) is 4.39 Å². The summed E-state index contributed by atoms with van der Waals surface area (Å²) in [6.07, 6.45) is 5.01. The van der Waals surface area contributed by atoms with Gasteiger partial charge in [-0.2, -0.15) is 0 Å². The summed E-state index contributed by atoms with van der Waals surface area (Å²) in [4.78, 5) is 2.62. The molecule has 1 N–H and O–H groups in total.